The molecule has 2 heterocycles. The molecule has 0 aromatic carbocycles. The fourth-order valence-electron chi connectivity index (χ4n) is 2.55. The number of nitrogens with zero attached hydrogens (tertiary/aromatic N) is 2. The van der Waals surface area contributed by atoms with Crippen molar-refractivity contribution < 1.29 is 9.53 Å². The normalized spacial score (nSPS) is 19.4. The lowest BCUT2D eigenvalue weighted by atomic mass is 10.2. The molecule has 1 amide bonds. The smallest absolute Gasteiger partial charge is 0.410 e. The van der Waals surface area contributed by atoms with Crippen LogP contribution < -0.4 is 0 Å². The highest BCUT2D eigenvalue weighted by molar-refractivity contribution is 5.68. The van der Waals surface area contributed by atoms with E-state index in [1.165, 1.54) is 12.8 Å². The Hall–Kier alpha value is -1.58. The second-order valence-electron chi connectivity index (χ2n) is 4.76. The second kappa shape index (κ2) is 4.35. The first-order chi connectivity index (χ1) is 8.33. The largest absolute Gasteiger partial charge is 0.446 e. The van der Waals surface area contributed by atoms with Gasteiger partial charge in [-0.25, -0.2) is 4.79 Å². The van der Waals surface area contributed by atoms with Gasteiger partial charge >= 0.3 is 6.09 Å². The Morgan fingerprint density at radius 1 is 1.35 bits per heavy atom. The van der Waals surface area contributed by atoms with Gasteiger partial charge in [0.15, 0.2) is 0 Å². The number of pyridine rings is 1. The Kier molecular flexibility index (Phi) is 2.71. The number of hydrogen-bond acceptors (Lipinski definition) is 3. The van der Waals surface area contributed by atoms with Crippen LogP contribution >= 0.6 is 0 Å². The minimum Gasteiger partial charge on any atom is -0.446 e. The van der Waals surface area contributed by atoms with Gasteiger partial charge in [-0.2, -0.15) is 0 Å². The Bertz CT molecular complexity index is 402. The molecule has 0 saturated heterocycles. The summed E-state index contributed by atoms with van der Waals surface area (Å²) in [6.45, 7) is 1.22. The first-order valence-corrected chi connectivity index (χ1v) is 6.21. The minimum atomic E-state index is -0.185. The van der Waals surface area contributed by atoms with Gasteiger partial charge in [0.05, 0.1) is 18.8 Å². The summed E-state index contributed by atoms with van der Waals surface area (Å²) in [6, 6.07) is 3.93. The first-order valence-electron chi connectivity index (χ1n) is 6.21. The van der Waals surface area contributed by atoms with E-state index in [4.69, 9.17) is 4.74 Å². The van der Waals surface area contributed by atoms with Crippen molar-refractivity contribution in [1.82, 2.24) is 9.88 Å². The fourth-order valence-corrected chi connectivity index (χ4v) is 2.55. The van der Waals surface area contributed by atoms with Gasteiger partial charge < -0.3 is 4.74 Å². The fraction of sp³-hybridized carbons (Fsp3) is 0.538. The van der Waals surface area contributed by atoms with Crippen LogP contribution in [0.4, 0.5) is 4.79 Å². The van der Waals surface area contributed by atoms with Gasteiger partial charge in [-0.1, -0.05) is 6.07 Å². The number of fused-ring (bicyclic) bond motifs is 1. The molecule has 0 radical (unpaired) electrons. The number of amides is 1. The van der Waals surface area contributed by atoms with E-state index in [9.17, 15) is 4.79 Å². The summed E-state index contributed by atoms with van der Waals surface area (Å²) in [7, 11) is 0. The molecular formula is C13H16N2O2. The number of hydrogen-bond donors (Lipinski definition) is 0. The molecule has 1 aliphatic heterocycles. The summed E-state index contributed by atoms with van der Waals surface area (Å²) < 4.78 is 5.49. The van der Waals surface area contributed by atoms with Crippen LogP contribution in [0.5, 0.6) is 0 Å². The average molecular weight is 232 g/mol. The molecule has 0 spiro atoms. The van der Waals surface area contributed by atoms with E-state index in [1.807, 2.05) is 12.1 Å². The van der Waals surface area contributed by atoms with Crippen molar-refractivity contribution >= 4 is 6.09 Å². The lowest BCUT2D eigenvalue weighted by molar-refractivity contribution is 0.0644. The standard InChI is InChI=1S/C13H16N2O2/c16-13(17-11-5-1-2-6-11)15-8-10-4-3-7-14-12(10)9-15/h3-4,7,11H,1-2,5-6,8-9H2. The topological polar surface area (TPSA) is 42.4 Å². The zero-order valence-corrected chi connectivity index (χ0v) is 9.76. The Morgan fingerprint density at radius 2 is 2.18 bits per heavy atom. The zero-order valence-electron chi connectivity index (χ0n) is 9.76. The van der Waals surface area contributed by atoms with Crippen molar-refractivity contribution in [3.63, 3.8) is 0 Å². The van der Waals surface area contributed by atoms with Crippen LogP contribution in [0, 0.1) is 0 Å². The molecule has 17 heavy (non-hydrogen) atoms. The maximum absolute atomic E-state index is 11.9. The Balaban J connectivity index is 1.62. The van der Waals surface area contributed by atoms with Crippen LogP contribution in [0.1, 0.15) is 36.9 Å². The number of aromatic nitrogens is 1. The van der Waals surface area contributed by atoms with Crippen molar-refractivity contribution in [2.75, 3.05) is 0 Å². The number of carbonyl (C=O) groups is 1. The SMILES string of the molecule is O=C(OC1CCCC1)N1Cc2cccnc2C1. The lowest BCUT2D eigenvalue weighted by Crippen LogP contribution is -2.29. The summed E-state index contributed by atoms with van der Waals surface area (Å²) in [5, 5.41) is 0. The maximum Gasteiger partial charge on any atom is 0.410 e. The first kappa shape index (κ1) is 10.6. The van der Waals surface area contributed by atoms with E-state index >= 15 is 0 Å². The summed E-state index contributed by atoms with van der Waals surface area (Å²) >= 11 is 0. The predicted molar refractivity (Wildman–Crippen MR) is 62.2 cm³/mol. The summed E-state index contributed by atoms with van der Waals surface area (Å²) in [5.41, 5.74) is 2.13. The Labute approximate surface area is 101 Å². The Morgan fingerprint density at radius 3 is 2.94 bits per heavy atom. The molecule has 1 aromatic heterocycles. The molecule has 1 aliphatic carbocycles. The number of ether oxygens (including phenoxy) is 1. The zero-order chi connectivity index (χ0) is 11.7. The van der Waals surface area contributed by atoms with E-state index in [-0.39, 0.29) is 12.2 Å². The molecule has 90 valence electrons. The van der Waals surface area contributed by atoms with Gasteiger partial charge in [0.2, 0.25) is 0 Å². The van der Waals surface area contributed by atoms with Gasteiger partial charge in [0, 0.05) is 6.20 Å². The van der Waals surface area contributed by atoms with Crippen LogP contribution in [0.15, 0.2) is 18.3 Å². The highest BCUT2D eigenvalue weighted by Crippen LogP contribution is 2.25. The number of carbonyl (C=O) groups excluding carboxylic acids is 1. The quantitative estimate of drug-likeness (QED) is 0.747. The molecular weight excluding hydrogens is 216 g/mol. The van der Waals surface area contributed by atoms with Gasteiger partial charge in [0.1, 0.15) is 6.10 Å². The van der Waals surface area contributed by atoms with Crippen LogP contribution in [-0.4, -0.2) is 22.1 Å². The molecule has 0 unspecified atom stereocenters. The lowest BCUT2D eigenvalue weighted by Gasteiger charge is -2.18. The van der Waals surface area contributed by atoms with Crippen LogP contribution in [0.25, 0.3) is 0 Å². The van der Waals surface area contributed by atoms with Gasteiger partial charge in [0.25, 0.3) is 0 Å². The van der Waals surface area contributed by atoms with Crippen molar-refractivity contribution in [3.8, 4) is 0 Å². The summed E-state index contributed by atoms with van der Waals surface area (Å²) in [5.74, 6) is 0. The van der Waals surface area contributed by atoms with Crippen molar-refractivity contribution in [2.24, 2.45) is 0 Å². The van der Waals surface area contributed by atoms with Crippen LogP contribution in [0.3, 0.4) is 0 Å². The predicted octanol–water partition coefficient (Wildman–Crippen LogP) is 2.48. The van der Waals surface area contributed by atoms with Crippen LogP contribution in [-0.2, 0) is 17.8 Å². The van der Waals surface area contributed by atoms with E-state index in [1.54, 1.807) is 11.1 Å². The highest BCUT2D eigenvalue weighted by atomic mass is 16.6. The average Bonchev–Trinajstić information content (AvgIpc) is 2.96. The third-order valence-corrected chi connectivity index (χ3v) is 3.51. The third kappa shape index (κ3) is 2.12. The van der Waals surface area contributed by atoms with Gasteiger partial charge in [-0.05, 0) is 37.3 Å². The molecule has 2 aliphatic rings. The molecule has 0 atom stereocenters. The molecule has 1 saturated carbocycles. The minimum absolute atomic E-state index is 0.138. The van der Waals surface area contributed by atoms with E-state index in [2.05, 4.69) is 4.98 Å². The van der Waals surface area contributed by atoms with E-state index in [0.29, 0.717) is 13.1 Å². The van der Waals surface area contributed by atoms with Gasteiger partial charge in [-0.3, -0.25) is 9.88 Å². The second-order valence-corrected chi connectivity index (χ2v) is 4.76. The third-order valence-electron chi connectivity index (χ3n) is 3.51. The van der Waals surface area contributed by atoms with Crippen LogP contribution in [0.2, 0.25) is 0 Å². The molecule has 3 rings (SSSR count). The van der Waals surface area contributed by atoms with Gasteiger partial charge in [-0.15, -0.1) is 0 Å². The van der Waals surface area contributed by atoms with E-state index < -0.39 is 0 Å². The highest BCUT2D eigenvalue weighted by Gasteiger charge is 2.28. The molecule has 1 fully saturated rings. The maximum atomic E-state index is 11.9. The monoisotopic (exact) mass is 232 g/mol. The van der Waals surface area contributed by atoms with Crippen molar-refractivity contribution in [2.45, 2.75) is 44.9 Å². The van der Waals surface area contributed by atoms with Crippen molar-refractivity contribution in [1.29, 1.82) is 0 Å². The molecule has 0 N–H and O–H groups in total. The molecule has 4 nitrogen and oxygen atoms in total. The van der Waals surface area contributed by atoms with Crippen molar-refractivity contribution in [3.05, 3.63) is 29.6 Å². The number of rotatable bonds is 1. The molecule has 1 aromatic rings. The summed E-state index contributed by atoms with van der Waals surface area (Å²) in [4.78, 5) is 18.0. The summed E-state index contributed by atoms with van der Waals surface area (Å²) in [6.07, 6.45) is 6.12. The molecule has 0 bridgehead atoms. The molecule has 4 heteroatoms. The van der Waals surface area contributed by atoms with E-state index in [0.717, 1.165) is 24.1 Å².